The van der Waals surface area contributed by atoms with E-state index < -0.39 is 5.60 Å². The second-order valence-corrected chi connectivity index (χ2v) is 10.2. The van der Waals surface area contributed by atoms with Gasteiger partial charge in [0.1, 0.15) is 17.0 Å². The summed E-state index contributed by atoms with van der Waals surface area (Å²) in [6.45, 7) is 7.68. The number of thiazole rings is 1. The number of benzene rings is 2. The van der Waals surface area contributed by atoms with Crippen LogP contribution in [0.15, 0.2) is 36.4 Å². The number of aromatic nitrogens is 1. The van der Waals surface area contributed by atoms with Crippen LogP contribution in [0.3, 0.4) is 0 Å². The molecule has 3 aromatic rings. The molecule has 0 radical (unpaired) electrons. The Hall–Kier alpha value is -1.81. The fourth-order valence-electron chi connectivity index (χ4n) is 3.74. The van der Waals surface area contributed by atoms with Gasteiger partial charge in [-0.05, 0) is 50.2 Å². The summed E-state index contributed by atoms with van der Waals surface area (Å²) in [4.78, 5) is 22.6. The number of fused-ring (bicyclic) bond motifs is 1. The van der Waals surface area contributed by atoms with Crippen LogP contribution in [0, 0.1) is 0 Å². The molecule has 0 spiro atoms. The van der Waals surface area contributed by atoms with E-state index in [1.807, 2.05) is 0 Å². The van der Waals surface area contributed by atoms with Crippen molar-refractivity contribution in [2.24, 2.45) is 0 Å². The molecule has 2 heterocycles. The number of rotatable bonds is 8. The van der Waals surface area contributed by atoms with Gasteiger partial charge in [-0.2, -0.15) is 0 Å². The smallest absolute Gasteiger partial charge is 0.272 e. The monoisotopic (exact) mass is 559 g/mol. The van der Waals surface area contributed by atoms with Gasteiger partial charge in [0.15, 0.2) is 10.7 Å². The molecule has 0 unspecified atom stereocenters. The molecule has 190 valence electrons. The fraction of sp³-hybridized carbons (Fsp3) is 0.417. The molecule has 11 heteroatoms. The predicted octanol–water partition coefficient (Wildman–Crippen LogP) is 5.56. The van der Waals surface area contributed by atoms with E-state index in [0.29, 0.717) is 58.5 Å². The van der Waals surface area contributed by atoms with E-state index in [2.05, 4.69) is 4.90 Å². The maximum absolute atomic E-state index is 13.9. The molecule has 1 fully saturated rings. The second-order valence-electron chi connectivity index (χ2n) is 8.40. The standard InChI is InChI=1S/C24H27Cl2N3O4S.ClH/c1-24(2,33-17-6-4-16(25)5-7-17)22(30)29(11-10-28-12-14-32-15-13-28)23-27-20-19(31-3)9-8-18(26)21(20)34-23;/h4-9H,10-15H2,1-3H3;1H. The summed E-state index contributed by atoms with van der Waals surface area (Å²) in [6, 6.07) is 10.5. The summed E-state index contributed by atoms with van der Waals surface area (Å²) in [5.74, 6) is 0.967. The molecular formula is C24H28Cl3N3O4S. The van der Waals surface area contributed by atoms with Crippen LogP contribution >= 0.6 is 46.9 Å². The van der Waals surface area contributed by atoms with Crippen molar-refractivity contribution in [2.75, 3.05) is 51.4 Å². The third-order valence-corrected chi connectivity index (χ3v) is 7.38. The number of anilines is 1. The minimum Gasteiger partial charge on any atom is -0.494 e. The molecule has 1 aliphatic heterocycles. The van der Waals surface area contributed by atoms with Crippen molar-refractivity contribution in [1.29, 1.82) is 0 Å². The van der Waals surface area contributed by atoms with E-state index in [0.717, 1.165) is 17.8 Å². The Balaban J connectivity index is 0.00000342. The van der Waals surface area contributed by atoms with Gasteiger partial charge >= 0.3 is 0 Å². The zero-order valence-electron chi connectivity index (χ0n) is 19.8. The summed E-state index contributed by atoms with van der Waals surface area (Å²) in [5, 5.41) is 1.72. The minimum atomic E-state index is -1.15. The van der Waals surface area contributed by atoms with Gasteiger partial charge in [0.25, 0.3) is 5.91 Å². The highest BCUT2D eigenvalue weighted by Gasteiger charge is 2.37. The molecule has 1 amide bonds. The summed E-state index contributed by atoms with van der Waals surface area (Å²) < 4.78 is 17.8. The SMILES string of the molecule is COc1ccc(Cl)c2sc(N(CCN3CCOCC3)C(=O)C(C)(C)Oc3ccc(Cl)cc3)nc12.Cl. The van der Waals surface area contributed by atoms with Gasteiger partial charge in [-0.25, -0.2) is 4.98 Å². The zero-order chi connectivity index (χ0) is 24.3. The van der Waals surface area contributed by atoms with Crippen molar-refractivity contribution < 1.29 is 19.0 Å². The van der Waals surface area contributed by atoms with E-state index in [4.69, 9.17) is 42.4 Å². The number of ether oxygens (including phenoxy) is 3. The first kappa shape index (κ1) is 27.8. The largest absolute Gasteiger partial charge is 0.494 e. The number of amides is 1. The van der Waals surface area contributed by atoms with Crippen LogP contribution in [0.25, 0.3) is 10.2 Å². The highest BCUT2D eigenvalue weighted by molar-refractivity contribution is 7.23. The lowest BCUT2D eigenvalue weighted by Gasteiger charge is -2.33. The molecule has 0 N–H and O–H groups in total. The molecule has 0 bridgehead atoms. The van der Waals surface area contributed by atoms with E-state index in [-0.39, 0.29) is 18.3 Å². The molecule has 1 saturated heterocycles. The lowest BCUT2D eigenvalue weighted by atomic mass is 10.1. The van der Waals surface area contributed by atoms with Crippen molar-refractivity contribution in [3.05, 3.63) is 46.4 Å². The lowest BCUT2D eigenvalue weighted by Crippen LogP contribution is -2.51. The van der Waals surface area contributed by atoms with E-state index in [1.54, 1.807) is 62.3 Å². The molecular weight excluding hydrogens is 533 g/mol. The van der Waals surface area contributed by atoms with Crippen LogP contribution in [-0.2, 0) is 9.53 Å². The van der Waals surface area contributed by atoms with Crippen LogP contribution < -0.4 is 14.4 Å². The van der Waals surface area contributed by atoms with Crippen LogP contribution in [0.4, 0.5) is 5.13 Å². The van der Waals surface area contributed by atoms with E-state index in [9.17, 15) is 4.79 Å². The quantitative estimate of drug-likeness (QED) is 0.360. The highest BCUT2D eigenvalue weighted by Crippen LogP contribution is 2.39. The van der Waals surface area contributed by atoms with Gasteiger partial charge in [0, 0.05) is 31.2 Å². The Morgan fingerprint density at radius 3 is 2.51 bits per heavy atom. The summed E-state index contributed by atoms with van der Waals surface area (Å²) in [6.07, 6.45) is 0. The van der Waals surface area contributed by atoms with Crippen LogP contribution in [0.5, 0.6) is 11.5 Å². The normalized spacial score (nSPS) is 14.4. The third-order valence-electron chi connectivity index (χ3n) is 5.59. The Kier molecular flexibility index (Phi) is 9.48. The van der Waals surface area contributed by atoms with Gasteiger partial charge in [0.05, 0.1) is 30.0 Å². The number of nitrogens with zero attached hydrogens (tertiary/aromatic N) is 3. The number of morpholine rings is 1. The van der Waals surface area contributed by atoms with Gasteiger partial charge < -0.3 is 14.2 Å². The number of hydrogen-bond acceptors (Lipinski definition) is 7. The van der Waals surface area contributed by atoms with Gasteiger partial charge in [-0.15, -0.1) is 12.4 Å². The highest BCUT2D eigenvalue weighted by atomic mass is 35.5. The van der Waals surface area contributed by atoms with E-state index in [1.165, 1.54) is 11.3 Å². The molecule has 0 aliphatic carbocycles. The summed E-state index contributed by atoms with van der Waals surface area (Å²) in [5.41, 5.74) is -0.513. The first-order chi connectivity index (χ1) is 16.3. The first-order valence-electron chi connectivity index (χ1n) is 11.0. The van der Waals surface area contributed by atoms with Crippen molar-refractivity contribution in [3.63, 3.8) is 0 Å². The van der Waals surface area contributed by atoms with Crippen molar-refractivity contribution in [3.8, 4) is 11.5 Å². The van der Waals surface area contributed by atoms with Gasteiger partial charge in [-0.1, -0.05) is 34.5 Å². The second kappa shape index (κ2) is 12.0. The maximum Gasteiger partial charge on any atom is 0.272 e. The van der Waals surface area contributed by atoms with Crippen LogP contribution in [0.1, 0.15) is 13.8 Å². The molecule has 1 aliphatic rings. The molecule has 4 rings (SSSR count). The molecule has 7 nitrogen and oxygen atoms in total. The van der Waals surface area contributed by atoms with Crippen LogP contribution in [0.2, 0.25) is 10.0 Å². The lowest BCUT2D eigenvalue weighted by molar-refractivity contribution is -0.131. The summed E-state index contributed by atoms with van der Waals surface area (Å²) in [7, 11) is 1.59. The van der Waals surface area contributed by atoms with Gasteiger partial charge in [-0.3, -0.25) is 14.6 Å². The Morgan fingerprint density at radius 1 is 1.17 bits per heavy atom. The number of carbonyl (C=O) groups is 1. The van der Waals surface area contributed by atoms with Crippen molar-refractivity contribution in [2.45, 2.75) is 19.4 Å². The topological polar surface area (TPSA) is 64.1 Å². The molecule has 0 saturated carbocycles. The Morgan fingerprint density at radius 2 is 1.86 bits per heavy atom. The van der Waals surface area contributed by atoms with Crippen molar-refractivity contribution in [1.82, 2.24) is 9.88 Å². The molecule has 1 aromatic heterocycles. The van der Waals surface area contributed by atoms with Crippen molar-refractivity contribution >= 4 is 68.2 Å². The molecule has 0 atom stereocenters. The Labute approximate surface area is 225 Å². The number of halogens is 3. The van der Waals surface area contributed by atoms with E-state index >= 15 is 0 Å². The first-order valence-corrected chi connectivity index (χ1v) is 12.6. The molecule has 35 heavy (non-hydrogen) atoms. The van der Waals surface area contributed by atoms with Crippen LogP contribution in [-0.4, -0.2) is 67.9 Å². The average Bonchev–Trinajstić information content (AvgIpc) is 3.27. The summed E-state index contributed by atoms with van der Waals surface area (Å²) >= 11 is 13.8. The van der Waals surface area contributed by atoms with Gasteiger partial charge in [0.2, 0.25) is 0 Å². The zero-order valence-corrected chi connectivity index (χ0v) is 22.9. The molecule has 2 aromatic carbocycles. The Bertz CT molecular complexity index is 1150. The predicted molar refractivity (Wildman–Crippen MR) is 144 cm³/mol. The third kappa shape index (κ3) is 6.50. The maximum atomic E-state index is 13.9. The average molecular weight is 561 g/mol. The number of hydrogen-bond donors (Lipinski definition) is 0. The number of methoxy groups -OCH3 is 1. The minimum absolute atomic E-state index is 0. The fourth-order valence-corrected chi connectivity index (χ4v) is 5.14. The number of carbonyl (C=O) groups excluding carboxylic acids is 1.